The van der Waals surface area contributed by atoms with Crippen molar-refractivity contribution in [2.24, 2.45) is 0 Å². The molecule has 1 unspecified atom stereocenters. The zero-order chi connectivity index (χ0) is 21.4. The van der Waals surface area contributed by atoms with E-state index in [0.29, 0.717) is 35.0 Å². The first-order valence-electron chi connectivity index (χ1n) is 9.48. The van der Waals surface area contributed by atoms with Crippen LogP contribution in [0.4, 0.5) is 5.69 Å². The molecule has 1 aromatic heterocycles. The van der Waals surface area contributed by atoms with Gasteiger partial charge in [-0.15, -0.1) is 0 Å². The summed E-state index contributed by atoms with van der Waals surface area (Å²) in [6, 6.07) is 14.7. The Morgan fingerprint density at radius 1 is 1.13 bits per heavy atom. The van der Waals surface area contributed by atoms with Crippen molar-refractivity contribution >= 4 is 23.2 Å². The summed E-state index contributed by atoms with van der Waals surface area (Å²) in [7, 11) is 3.19. The number of amides is 1. The molecule has 0 saturated heterocycles. The highest BCUT2D eigenvalue weighted by Crippen LogP contribution is 2.44. The van der Waals surface area contributed by atoms with Gasteiger partial charge in [0.15, 0.2) is 0 Å². The predicted molar refractivity (Wildman–Crippen MR) is 116 cm³/mol. The van der Waals surface area contributed by atoms with E-state index in [-0.39, 0.29) is 17.1 Å². The van der Waals surface area contributed by atoms with Gasteiger partial charge in [0, 0.05) is 22.9 Å². The van der Waals surface area contributed by atoms with E-state index < -0.39 is 0 Å². The Bertz CT molecular complexity index is 1130. The maximum atomic E-state index is 13.4. The summed E-state index contributed by atoms with van der Waals surface area (Å²) in [5, 5.41) is 0.201. The van der Waals surface area contributed by atoms with Crippen LogP contribution in [0, 0.1) is 6.92 Å². The fraction of sp³-hybridized carbons (Fsp3) is 0.217. The number of pyridine rings is 1. The monoisotopic (exact) mass is 423 g/mol. The summed E-state index contributed by atoms with van der Waals surface area (Å²) in [5.74, 6) is 1.10. The number of anilines is 1. The van der Waals surface area contributed by atoms with Crippen molar-refractivity contribution in [1.29, 1.82) is 0 Å². The minimum Gasteiger partial charge on any atom is -0.497 e. The number of aromatic nitrogens is 1. The van der Waals surface area contributed by atoms with Gasteiger partial charge in [0.05, 0.1) is 26.8 Å². The lowest BCUT2D eigenvalue weighted by atomic mass is 9.94. The van der Waals surface area contributed by atoms with Gasteiger partial charge < -0.3 is 20.1 Å². The third-order valence-electron chi connectivity index (χ3n) is 5.43. The van der Waals surface area contributed by atoms with E-state index in [0.717, 1.165) is 16.7 Å². The average molecular weight is 424 g/mol. The molecular weight excluding hydrogens is 402 g/mol. The van der Waals surface area contributed by atoms with Crippen LogP contribution in [0.5, 0.6) is 11.5 Å². The standard InChI is InChI=1S/C23H22ClN3O3/c1-13-6-4-5-7-16(13)22-20-17(25)11-19(24)26-21(20)23(28)27(22)12-14-8-9-15(29-2)10-18(14)30-3/h4-11,22H,12H2,1-3H3,(H2,25,26). The van der Waals surface area contributed by atoms with Crippen LogP contribution in [0.1, 0.15) is 38.8 Å². The average Bonchev–Trinajstić information content (AvgIpc) is 3.00. The molecule has 3 aromatic rings. The number of hydrogen-bond acceptors (Lipinski definition) is 5. The molecule has 30 heavy (non-hydrogen) atoms. The molecule has 0 bridgehead atoms. The fourth-order valence-corrected chi connectivity index (χ4v) is 4.15. The Morgan fingerprint density at radius 3 is 2.60 bits per heavy atom. The number of nitrogens with zero attached hydrogens (tertiary/aromatic N) is 2. The number of nitrogen functional groups attached to an aromatic ring is 1. The molecular formula is C23H22ClN3O3. The normalized spacial score (nSPS) is 15.3. The first-order valence-corrected chi connectivity index (χ1v) is 9.85. The van der Waals surface area contributed by atoms with Gasteiger partial charge in [-0.05, 0) is 36.2 Å². The Hall–Kier alpha value is -3.25. The molecule has 0 radical (unpaired) electrons. The van der Waals surface area contributed by atoms with E-state index in [1.165, 1.54) is 0 Å². The Labute approximate surface area is 180 Å². The van der Waals surface area contributed by atoms with Crippen LogP contribution in [0.25, 0.3) is 0 Å². The highest BCUT2D eigenvalue weighted by molar-refractivity contribution is 6.30. The minimum atomic E-state index is -0.370. The summed E-state index contributed by atoms with van der Waals surface area (Å²) >= 11 is 6.11. The van der Waals surface area contributed by atoms with Crippen molar-refractivity contribution in [2.45, 2.75) is 19.5 Å². The largest absolute Gasteiger partial charge is 0.497 e. The molecule has 7 heteroatoms. The second-order valence-corrected chi connectivity index (χ2v) is 7.55. The lowest BCUT2D eigenvalue weighted by Crippen LogP contribution is -2.29. The molecule has 1 amide bonds. The van der Waals surface area contributed by atoms with E-state index in [4.69, 9.17) is 26.8 Å². The van der Waals surface area contributed by atoms with E-state index in [9.17, 15) is 4.79 Å². The number of rotatable bonds is 5. The number of carbonyl (C=O) groups is 1. The van der Waals surface area contributed by atoms with Gasteiger partial charge in [-0.2, -0.15) is 0 Å². The van der Waals surface area contributed by atoms with Gasteiger partial charge in [0.25, 0.3) is 5.91 Å². The van der Waals surface area contributed by atoms with Gasteiger partial charge in [0.2, 0.25) is 0 Å². The molecule has 1 atom stereocenters. The molecule has 1 aliphatic rings. The molecule has 2 aromatic carbocycles. The minimum absolute atomic E-state index is 0.201. The summed E-state index contributed by atoms with van der Waals surface area (Å²) in [6.45, 7) is 2.34. The van der Waals surface area contributed by atoms with Crippen molar-refractivity contribution in [3.63, 3.8) is 0 Å². The number of methoxy groups -OCH3 is 2. The van der Waals surface area contributed by atoms with E-state index >= 15 is 0 Å². The van der Waals surface area contributed by atoms with Crippen LogP contribution < -0.4 is 15.2 Å². The molecule has 4 rings (SSSR count). The van der Waals surface area contributed by atoms with Crippen molar-refractivity contribution in [1.82, 2.24) is 9.88 Å². The van der Waals surface area contributed by atoms with E-state index in [1.807, 2.05) is 43.3 Å². The molecule has 1 aliphatic heterocycles. The topological polar surface area (TPSA) is 77.7 Å². The third-order valence-corrected chi connectivity index (χ3v) is 5.62. The Balaban J connectivity index is 1.85. The van der Waals surface area contributed by atoms with E-state index in [1.54, 1.807) is 31.3 Å². The zero-order valence-electron chi connectivity index (χ0n) is 17.0. The summed E-state index contributed by atoms with van der Waals surface area (Å²) in [4.78, 5) is 19.5. The maximum absolute atomic E-state index is 13.4. The lowest BCUT2D eigenvalue weighted by molar-refractivity contribution is 0.0730. The second-order valence-electron chi connectivity index (χ2n) is 7.17. The summed E-state index contributed by atoms with van der Waals surface area (Å²) in [5.41, 5.74) is 10.7. The molecule has 0 spiro atoms. The zero-order valence-corrected chi connectivity index (χ0v) is 17.7. The quantitative estimate of drug-likeness (QED) is 0.616. The number of carbonyl (C=O) groups excluding carboxylic acids is 1. The highest BCUT2D eigenvalue weighted by Gasteiger charge is 2.41. The Morgan fingerprint density at radius 2 is 1.90 bits per heavy atom. The smallest absolute Gasteiger partial charge is 0.274 e. The number of hydrogen-bond donors (Lipinski definition) is 1. The van der Waals surface area contributed by atoms with Gasteiger partial charge >= 0.3 is 0 Å². The number of benzene rings is 2. The van der Waals surface area contributed by atoms with Crippen LogP contribution in [0.15, 0.2) is 48.5 Å². The molecule has 0 saturated carbocycles. The van der Waals surface area contributed by atoms with Gasteiger partial charge in [0.1, 0.15) is 22.3 Å². The SMILES string of the molecule is COc1ccc(CN2C(=O)c3nc(Cl)cc(N)c3C2c2ccccc2C)c(OC)c1. The number of fused-ring (bicyclic) bond motifs is 1. The molecule has 6 nitrogen and oxygen atoms in total. The molecule has 2 heterocycles. The van der Waals surface area contributed by atoms with Gasteiger partial charge in [-0.3, -0.25) is 4.79 Å². The Kier molecular flexibility index (Phi) is 5.26. The summed E-state index contributed by atoms with van der Waals surface area (Å²) < 4.78 is 10.8. The summed E-state index contributed by atoms with van der Waals surface area (Å²) in [6.07, 6.45) is 0. The van der Waals surface area contributed by atoms with Crippen LogP contribution in [-0.2, 0) is 6.54 Å². The second kappa shape index (κ2) is 7.88. The molecule has 2 N–H and O–H groups in total. The van der Waals surface area contributed by atoms with Crippen molar-refractivity contribution in [2.75, 3.05) is 20.0 Å². The van der Waals surface area contributed by atoms with Crippen LogP contribution in [0.3, 0.4) is 0 Å². The highest BCUT2D eigenvalue weighted by atomic mass is 35.5. The van der Waals surface area contributed by atoms with Crippen molar-refractivity contribution in [3.8, 4) is 11.5 Å². The third kappa shape index (κ3) is 3.33. The van der Waals surface area contributed by atoms with Crippen molar-refractivity contribution in [3.05, 3.63) is 81.6 Å². The molecule has 0 aliphatic carbocycles. The number of halogens is 1. The molecule has 154 valence electrons. The van der Waals surface area contributed by atoms with Crippen LogP contribution in [-0.4, -0.2) is 30.0 Å². The van der Waals surface area contributed by atoms with Gasteiger partial charge in [-0.25, -0.2) is 4.98 Å². The first-order chi connectivity index (χ1) is 14.4. The van der Waals surface area contributed by atoms with E-state index in [2.05, 4.69) is 4.98 Å². The lowest BCUT2D eigenvalue weighted by Gasteiger charge is -2.28. The number of aryl methyl sites for hydroxylation is 1. The van der Waals surface area contributed by atoms with Crippen molar-refractivity contribution < 1.29 is 14.3 Å². The number of nitrogens with two attached hydrogens (primary N) is 1. The van der Waals surface area contributed by atoms with Crippen LogP contribution in [0.2, 0.25) is 5.15 Å². The van der Waals surface area contributed by atoms with Gasteiger partial charge in [-0.1, -0.05) is 35.9 Å². The number of ether oxygens (including phenoxy) is 2. The fourth-order valence-electron chi connectivity index (χ4n) is 3.95. The predicted octanol–water partition coefficient (Wildman–Crippen LogP) is 4.39. The first kappa shape index (κ1) is 20.0. The molecule has 0 fully saturated rings. The maximum Gasteiger partial charge on any atom is 0.274 e. The van der Waals surface area contributed by atoms with Crippen LogP contribution >= 0.6 is 11.6 Å².